The van der Waals surface area contributed by atoms with Gasteiger partial charge < -0.3 is 4.90 Å². The molecule has 1 aliphatic rings. The molecular weight excluding hydrogens is 405 g/mol. The lowest BCUT2D eigenvalue weighted by Crippen LogP contribution is -2.48. The third-order valence-corrected chi connectivity index (χ3v) is 6.50. The maximum absolute atomic E-state index is 12.5. The molecule has 27 heavy (non-hydrogen) atoms. The Morgan fingerprint density at radius 2 is 1.70 bits per heavy atom. The first kappa shape index (κ1) is 20.1. The molecule has 0 saturated carbocycles. The predicted molar refractivity (Wildman–Crippen MR) is 111 cm³/mol. The van der Waals surface area contributed by atoms with E-state index >= 15 is 0 Å². The van der Waals surface area contributed by atoms with Gasteiger partial charge in [-0.25, -0.2) is 8.42 Å². The quantitative estimate of drug-likeness (QED) is 0.701. The van der Waals surface area contributed by atoms with Gasteiger partial charge in [-0.05, 0) is 48.7 Å². The van der Waals surface area contributed by atoms with Crippen molar-refractivity contribution in [3.63, 3.8) is 0 Å². The lowest BCUT2D eigenvalue weighted by molar-refractivity contribution is 0.390. The van der Waals surface area contributed by atoms with Crippen LogP contribution in [0.1, 0.15) is 12.0 Å². The van der Waals surface area contributed by atoms with Gasteiger partial charge in [0, 0.05) is 54.7 Å². The zero-order valence-electron chi connectivity index (χ0n) is 14.8. The first-order chi connectivity index (χ1) is 12.9. The summed E-state index contributed by atoms with van der Waals surface area (Å²) in [5.74, 6) is 0. The number of sulfonamides is 1. The molecule has 1 saturated heterocycles. The molecule has 0 atom stereocenters. The van der Waals surface area contributed by atoms with Gasteiger partial charge in [-0.2, -0.15) is 4.31 Å². The monoisotopic (exact) mass is 425 g/mol. The summed E-state index contributed by atoms with van der Waals surface area (Å²) < 4.78 is 26.5. The second kappa shape index (κ2) is 9.06. The summed E-state index contributed by atoms with van der Waals surface area (Å²) in [6.45, 7) is 2.24. The minimum Gasteiger partial charge on any atom is -0.369 e. The maximum atomic E-state index is 12.5. The molecule has 1 aliphatic heterocycles. The van der Waals surface area contributed by atoms with Crippen molar-refractivity contribution in [2.75, 3.05) is 31.1 Å². The smallest absolute Gasteiger partial charge is 0.236 e. The third kappa shape index (κ3) is 5.69. The number of aryl methyl sites for hydroxylation is 1. The van der Waals surface area contributed by atoms with E-state index in [9.17, 15) is 8.42 Å². The number of anilines is 1. The van der Waals surface area contributed by atoms with Crippen molar-refractivity contribution in [2.24, 2.45) is 0 Å². The Balaban J connectivity index is 1.51. The number of allylic oxidation sites excluding steroid dienone is 1. The summed E-state index contributed by atoms with van der Waals surface area (Å²) >= 11 is 11.8. The first-order valence-electron chi connectivity index (χ1n) is 8.71. The zero-order valence-corrected chi connectivity index (χ0v) is 17.1. The summed E-state index contributed by atoms with van der Waals surface area (Å²) in [7, 11) is -3.39. The van der Waals surface area contributed by atoms with Crippen molar-refractivity contribution in [3.05, 3.63) is 69.8 Å². The molecule has 0 radical (unpaired) electrons. The first-order valence-corrected chi connectivity index (χ1v) is 11.0. The molecule has 1 aromatic heterocycles. The van der Waals surface area contributed by atoms with Crippen LogP contribution in [0.4, 0.5) is 5.69 Å². The fourth-order valence-electron chi connectivity index (χ4n) is 2.97. The third-order valence-electron chi connectivity index (χ3n) is 4.42. The number of hydrogen-bond acceptors (Lipinski definition) is 4. The van der Waals surface area contributed by atoms with Crippen LogP contribution in [0.2, 0.25) is 10.0 Å². The molecule has 8 heteroatoms. The molecule has 3 rings (SSSR count). The van der Waals surface area contributed by atoms with Crippen LogP contribution in [-0.4, -0.2) is 43.9 Å². The largest absolute Gasteiger partial charge is 0.369 e. The minimum absolute atomic E-state index is 0.466. The Labute approximate surface area is 170 Å². The highest BCUT2D eigenvalue weighted by molar-refractivity contribution is 7.92. The number of pyridine rings is 1. The van der Waals surface area contributed by atoms with Gasteiger partial charge >= 0.3 is 0 Å². The number of rotatable bonds is 6. The highest BCUT2D eigenvalue weighted by atomic mass is 35.5. The van der Waals surface area contributed by atoms with E-state index in [1.165, 1.54) is 9.71 Å². The van der Waals surface area contributed by atoms with E-state index < -0.39 is 10.0 Å². The van der Waals surface area contributed by atoms with Crippen molar-refractivity contribution in [2.45, 2.75) is 12.8 Å². The molecule has 0 N–H and O–H groups in total. The second-order valence-corrected chi connectivity index (χ2v) is 9.02. The Kier molecular flexibility index (Phi) is 6.76. The standard InChI is InChI=1S/C19H21Cl2N3O2S/c20-17-4-6-19(7-5-17)23-8-10-24(11-9-23)27(25,26)12-2-1-3-16-13-18(21)15-22-14-16/h2,4-7,12-15H,1,3,8-11H2/b12-2+. The van der Waals surface area contributed by atoms with Crippen molar-refractivity contribution in [3.8, 4) is 0 Å². The molecule has 1 aromatic carbocycles. The summed E-state index contributed by atoms with van der Waals surface area (Å²) in [5, 5.41) is 2.59. The van der Waals surface area contributed by atoms with Crippen molar-refractivity contribution >= 4 is 38.9 Å². The van der Waals surface area contributed by atoms with Gasteiger partial charge in [0.15, 0.2) is 0 Å². The number of aromatic nitrogens is 1. The molecule has 5 nitrogen and oxygen atoms in total. The van der Waals surface area contributed by atoms with Crippen LogP contribution in [0.15, 0.2) is 54.2 Å². The summed E-state index contributed by atoms with van der Waals surface area (Å²) in [6, 6.07) is 9.44. The Morgan fingerprint density at radius 3 is 2.37 bits per heavy atom. The molecule has 0 unspecified atom stereocenters. The number of benzene rings is 1. The van der Waals surface area contributed by atoms with Gasteiger partial charge in [0.05, 0.1) is 5.02 Å². The molecule has 0 amide bonds. The second-order valence-electron chi connectivity index (χ2n) is 6.33. The molecule has 144 valence electrons. The van der Waals surface area contributed by atoms with E-state index in [0.29, 0.717) is 49.1 Å². The van der Waals surface area contributed by atoms with Crippen LogP contribution in [-0.2, 0) is 16.4 Å². The van der Waals surface area contributed by atoms with Gasteiger partial charge in [-0.1, -0.05) is 29.3 Å². The Morgan fingerprint density at radius 1 is 1.00 bits per heavy atom. The van der Waals surface area contributed by atoms with Crippen molar-refractivity contribution in [1.29, 1.82) is 0 Å². The normalized spacial score (nSPS) is 16.1. The lowest BCUT2D eigenvalue weighted by atomic mass is 10.2. The van der Waals surface area contributed by atoms with Crippen molar-refractivity contribution in [1.82, 2.24) is 9.29 Å². The number of nitrogens with zero attached hydrogens (tertiary/aromatic N) is 3. The molecule has 0 bridgehead atoms. The zero-order chi connectivity index (χ0) is 19.3. The molecule has 0 aliphatic carbocycles. The van der Waals surface area contributed by atoms with Gasteiger partial charge in [-0.3, -0.25) is 4.98 Å². The predicted octanol–water partition coefficient (Wildman–Crippen LogP) is 3.99. The van der Waals surface area contributed by atoms with Gasteiger partial charge in [-0.15, -0.1) is 0 Å². The van der Waals surface area contributed by atoms with E-state index in [-0.39, 0.29) is 0 Å². The van der Waals surface area contributed by atoms with E-state index in [2.05, 4.69) is 9.88 Å². The highest BCUT2D eigenvalue weighted by Gasteiger charge is 2.25. The SMILES string of the molecule is O=S(=O)(/C=C/CCc1cncc(Cl)c1)N1CCN(c2ccc(Cl)cc2)CC1. The number of piperazine rings is 1. The van der Waals surface area contributed by atoms with Crippen LogP contribution >= 0.6 is 23.2 Å². The maximum Gasteiger partial charge on any atom is 0.236 e. The van der Waals surface area contributed by atoms with Crippen LogP contribution in [0.25, 0.3) is 0 Å². The lowest BCUT2D eigenvalue weighted by Gasteiger charge is -2.34. The fourth-order valence-corrected chi connectivity index (χ4v) is 4.52. The molecule has 2 heterocycles. The van der Waals surface area contributed by atoms with Crippen LogP contribution < -0.4 is 4.90 Å². The summed E-state index contributed by atoms with van der Waals surface area (Å²) in [6.07, 6.45) is 6.33. The molecule has 1 fully saturated rings. The summed E-state index contributed by atoms with van der Waals surface area (Å²) in [4.78, 5) is 6.19. The van der Waals surface area contributed by atoms with Gasteiger partial charge in [0.2, 0.25) is 10.0 Å². The van der Waals surface area contributed by atoms with Crippen LogP contribution in [0.5, 0.6) is 0 Å². The molecular formula is C19H21Cl2N3O2S. The van der Waals surface area contributed by atoms with Crippen molar-refractivity contribution < 1.29 is 8.42 Å². The van der Waals surface area contributed by atoms with Gasteiger partial charge in [0.1, 0.15) is 0 Å². The summed E-state index contributed by atoms with van der Waals surface area (Å²) in [5.41, 5.74) is 2.04. The molecule has 2 aromatic rings. The number of halogens is 2. The van der Waals surface area contributed by atoms with Crippen LogP contribution in [0, 0.1) is 0 Å². The Bertz CT molecular complexity index is 893. The topological polar surface area (TPSA) is 53.5 Å². The fraction of sp³-hybridized carbons (Fsp3) is 0.316. The minimum atomic E-state index is -3.39. The average Bonchev–Trinajstić information content (AvgIpc) is 2.66. The van der Waals surface area contributed by atoms with E-state index in [1.807, 2.05) is 30.3 Å². The van der Waals surface area contributed by atoms with E-state index in [4.69, 9.17) is 23.2 Å². The Hall–Kier alpha value is -1.60. The number of hydrogen-bond donors (Lipinski definition) is 0. The van der Waals surface area contributed by atoms with E-state index in [1.54, 1.807) is 18.5 Å². The molecule has 0 spiro atoms. The van der Waals surface area contributed by atoms with E-state index in [0.717, 1.165) is 11.3 Å². The van der Waals surface area contributed by atoms with Crippen LogP contribution in [0.3, 0.4) is 0 Å². The highest BCUT2D eigenvalue weighted by Crippen LogP contribution is 2.20. The average molecular weight is 426 g/mol. The van der Waals surface area contributed by atoms with Gasteiger partial charge in [0.25, 0.3) is 0 Å².